The van der Waals surface area contributed by atoms with Crippen LogP contribution in [0.4, 0.5) is 0 Å². The van der Waals surface area contributed by atoms with Crippen molar-refractivity contribution >= 4 is 16.8 Å². The molecule has 0 aliphatic heterocycles. The van der Waals surface area contributed by atoms with Crippen molar-refractivity contribution < 1.29 is 0 Å². The molecule has 0 bridgehead atoms. The van der Waals surface area contributed by atoms with Gasteiger partial charge in [0.05, 0.1) is 0 Å². The molecule has 0 saturated heterocycles. The molecule has 0 heteroatoms. The van der Waals surface area contributed by atoms with Gasteiger partial charge in [-0.25, -0.2) is 0 Å². The number of rotatable bonds is 4. The van der Waals surface area contributed by atoms with E-state index in [0.717, 1.165) is 0 Å². The number of benzene rings is 6. The second kappa shape index (κ2) is 10.00. The van der Waals surface area contributed by atoms with Gasteiger partial charge in [0.25, 0.3) is 0 Å². The molecule has 0 amide bonds. The highest BCUT2D eigenvalue weighted by atomic mass is 14.4. The maximum Gasteiger partial charge on any atom is 0.0159 e. The largest absolute Gasteiger partial charge is 0.0870 e. The molecule has 7 rings (SSSR count). The van der Waals surface area contributed by atoms with E-state index >= 15 is 0 Å². The van der Waals surface area contributed by atoms with Crippen molar-refractivity contribution in [3.63, 3.8) is 0 Å². The summed E-state index contributed by atoms with van der Waals surface area (Å²) in [6, 6.07) is 43.0. The Morgan fingerprint density at radius 1 is 0.524 bits per heavy atom. The Hall–Kier alpha value is -4.68. The molecule has 6 aromatic rings. The molecule has 0 nitrogen and oxygen atoms in total. The van der Waals surface area contributed by atoms with Crippen LogP contribution < -0.4 is 0 Å². The van der Waals surface area contributed by atoms with Crippen molar-refractivity contribution in [2.75, 3.05) is 0 Å². The average Bonchev–Trinajstić information content (AvgIpc) is 3.23. The standard InChI is InChI=1S/C42H36/c1-6-13-31-28(3)14-12-19-32(31)30-21-23-33(29-15-8-7-9-16-29)37(25-30)38-26-40-41(35-18-11-10-17-34(35)38)36-22-20-27(2)24-39(36)42(40,4)5/h6-26H,1-5H3/b13-6-. The van der Waals surface area contributed by atoms with Gasteiger partial charge < -0.3 is 0 Å². The van der Waals surface area contributed by atoms with E-state index in [4.69, 9.17) is 0 Å². The van der Waals surface area contributed by atoms with Crippen LogP contribution in [0.5, 0.6) is 0 Å². The monoisotopic (exact) mass is 540 g/mol. The zero-order chi connectivity index (χ0) is 29.0. The topological polar surface area (TPSA) is 0 Å². The maximum absolute atomic E-state index is 2.50. The fraction of sp³-hybridized carbons (Fsp3) is 0.143. The van der Waals surface area contributed by atoms with E-state index < -0.39 is 0 Å². The first kappa shape index (κ1) is 26.2. The molecule has 1 aliphatic rings. The summed E-state index contributed by atoms with van der Waals surface area (Å²) in [5, 5.41) is 2.63. The van der Waals surface area contributed by atoms with Gasteiger partial charge in [0.15, 0.2) is 0 Å². The summed E-state index contributed by atoms with van der Waals surface area (Å²) in [5.74, 6) is 0. The summed E-state index contributed by atoms with van der Waals surface area (Å²) in [6.07, 6.45) is 4.38. The number of hydrogen-bond donors (Lipinski definition) is 0. The summed E-state index contributed by atoms with van der Waals surface area (Å²) in [6.45, 7) is 11.3. The van der Waals surface area contributed by atoms with Crippen molar-refractivity contribution in [2.24, 2.45) is 0 Å². The van der Waals surface area contributed by atoms with Crippen LogP contribution in [0.15, 0.2) is 121 Å². The lowest BCUT2D eigenvalue weighted by Crippen LogP contribution is -2.15. The second-order valence-electron chi connectivity index (χ2n) is 12.2. The van der Waals surface area contributed by atoms with Crippen LogP contribution in [-0.4, -0.2) is 0 Å². The minimum absolute atomic E-state index is 0.0877. The molecule has 42 heavy (non-hydrogen) atoms. The zero-order valence-corrected chi connectivity index (χ0v) is 25.1. The van der Waals surface area contributed by atoms with Crippen LogP contribution in [0.2, 0.25) is 0 Å². The van der Waals surface area contributed by atoms with Crippen LogP contribution in [0.25, 0.3) is 61.4 Å². The van der Waals surface area contributed by atoms with E-state index in [0.29, 0.717) is 0 Å². The van der Waals surface area contributed by atoms with Crippen LogP contribution in [0.3, 0.4) is 0 Å². The van der Waals surface area contributed by atoms with Crippen molar-refractivity contribution in [3.05, 3.63) is 149 Å². The molecule has 204 valence electrons. The Balaban J connectivity index is 1.57. The van der Waals surface area contributed by atoms with Crippen LogP contribution in [0, 0.1) is 13.8 Å². The molecule has 0 spiro atoms. The van der Waals surface area contributed by atoms with Crippen molar-refractivity contribution in [2.45, 2.75) is 40.0 Å². The summed E-state index contributed by atoms with van der Waals surface area (Å²) in [5.41, 5.74) is 17.0. The fourth-order valence-corrected chi connectivity index (χ4v) is 7.04. The smallest absolute Gasteiger partial charge is 0.0159 e. The highest BCUT2D eigenvalue weighted by Gasteiger charge is 2.37. The van der Waals surface area contributed by atoms with E-state index in [9.17, 15) is 0 Å². The van der Waals surface area contributed by atoms with E-state index in [1.165, 1.54) is 83.1 Å². The van der Waals surface area contributed by atoms with Gasteiger partial charge in [0.1, 0.15) is 0 Å². The molecular formula is C42H36. The Kier molecular flexibility index (Phi) is 6.24. The summed E-state index contributed by atoms with van der Waals surface area (Å²) in [7, 11) is 0. The molecule has 6 aromatic carbocycles. The third-order valence-corrected chi connectivity index (χ3v) is 9.20. The third-order valence-electron chi connectivity index (χ3n) is 9.20. The first-order valence-corrected chi connectivity index (χ1v) is 15.0. The van der Waals surface area contributed by atoms with Gasteiger partial charge in [-0.05, 0) is 110 Å². The summed E-state index contributed by atoms with van der Waals surface area (Å²) >= 11 is 0. The van der Waals surface area contributed by atoms with Crippen LogP contribution >= 0.6 is 0 Å². The van der Waals surface area contributed by atoms with Gasteiger partial charge in [0, 0.05) is 5.41 Å². The normalized spacial score (nSPS) is 13.5. The lowest BCUT2D eigenvalue weighted by Gasteiger charge is -2.24. The molecule has 0 atom stereocenters. The minimum Gasteiger partial charge on any atom is -0.0870 e. The molecule has 0 N–H and O–H groups in total. The molecule has 0 radical (unpaired) electrons. The zero-order valence-electron chi connectivity index (χ0n) is 25.1. The number of fused-ring (bicyclic) bond motifs is 5. The lowest BCUT2D eigenvalue weighted by molar-refractivity contribution is 0.660. The highest BCUT2D eigenvalue weighted by molar-refractivity contribution is 6.10. The lowest BCUT2D eigenvalue weighted by atomic mass is 9.79. The van der Waals surface area contributed by atoms with E-state index in [1.54, 1.807) is 0 Å². The molecule has 1 aliphatic carbocycles. The van der Waals surface area contributed by atoms with Crippen LogP contribution in [-0.2, 0) is 5.41 Å². The van der Waals surface area contributed by atoms with Gasteiger partial charge in [-0.2, -0.15) is 0 Å². The summed E-state index contributed by atoms with van der Waals surface area (Å²) in [4.78, 5) is 0. The van der Waals surface area contributed by atoms with Crippen LogP contribution in [0.1, 0.15) is 48.6 Å². The van der Waals surface area contributed by atoms with Gasteiger partial charge >= 0.3 is 0 Å². The minimum atomic E-state index is -0.0877. The predicted molar refractivity (Wildman–Crippen MR) is 182 cm³/mol. The predicted octanol–water partition coefficient (Wildman–Crippen LogP) is 11.8. The van der Waals surface area contributed by atoms with E-state index in [-0.39, 0.29) is 5.41 Å². The summed E-state index contributed by atoms with van der Waals surface area (Å²) < 4.78 is 0. The molecule has 0 aromatic heterocycles. The highest BCUT2D eigenvalue weighted by Crippen LogP contribution is 2.54. The van der Waals surface area contributed by atoms with Crippen molar-refractivity contribution in [1.29, 1.82) is 0 Å². The quantitative estimate of drug-likeness (QED) is 0.209. The second-order valence-corrected chi connectivity index (χ2v) is 12.2. The Bertz CT molecular complexity index is 2020. The third kappa shape index (κ3) is 4.05. The van der Waals surface area contributed by atoms with E-state index in [1.807, 2.05) is 0 Å². The van der Waals surface area contributed by atoms with Gasteiger partial charge in [-0.15, -0.1) is 0 Å². The average molecular weight is 541 g/mol. The molecule has 0 heterocycles. The maximum atomic E-state index is 2.50. The van der Waals surface area contributed by atoms with Gasteiger partial charge in [-0.1, -0.05) is 135 Å². The Labute approximate surface area is 250 Å². The number of allylic oxidation sites excluding steroid dienone is 1. The Morgan fingerprint density at radius 3 is 2.05 bits per heavy atom. The SMILES string of the molecule is C/C=C\c1c(C)cccc1-c1ccc(-c2ccccc2)c(-c2cc3c(c4ccccc24)-c2ccc(C)cc2C3(C)C)c1. The van der Waals surface area contributed by atoms with Gasteiger partial charge in [-0.3, -0.25) is 0 Å². The van der Waals surface area contributed by atoms with Crippen molar-refractivity contribution in [1.82, 2.24) is 0 Å². The van der Waals surface area contributed by atoms with Gasteiger partial charge in [0.2, 0.25) is 0 Å². The first-order valence-electron chi connectivity index (χ1n) is 15.0. The van der Waals surface area contributed by atoms with E-state index in [2.05, 4.69) is 162 Å². The number of hydrogen-bond acceptors (Lipinski definition) is 0. The first-order chi connectivity index (χ1) is 20.4. The molecule has 0 saturated carbocycles. The van der Waals surface area contributed by atoms with Crippen molar-refractivity contribution in [3.8, 4) is 44.5 Å². The molecule has 0 fully saturated rings. The Morgan fingerprint density at radius 2 is 1.26 bits per heavy atom. The molecular weight excluding hydrogens is 504 g/mol. The fourth-order valence-electron chi connectivity index (χ4n) is 7.04. The molecule has 0 unspecified atom stereocenters. The number of aryl methyl sites for hydroxylation is 2.